The summed E-state index contributed by atoms with van der Waals surface area (Å²) in [6.45, 7) is 0. The van der Waals surface area contributed by atoms with E-state index in [9.17, 15) is 4.79 Å². The Morgan fingerprint density at radius 3 is 2.63 bits per heavy atom. The molecule has 1 amide bonds. The van der Waals surface area contributed by atoms with Crippen LogP contribution >= 0.6 is 45.5 Å². The zero-order valence-electron chi connectivity index (χ0n) is 14.1. The van der Waals surface area contributed by atoms with E-state index >= 15 is 0 Å². The van der Waals surface area contributed by atoms with Crippen LogP contribution in [0.2, 0.25) is 5.02 Å². The standard InChI is InChI=1S/C21H14ClIN2OS/c22-14-7-5-13(6-8-14)11-20(26)24-17-10-9-15(23)12-16(17)21-25-18-3-1-2-4-19(18)27-21/h1-10,12H,11H2,(H,24,26). The highest BCUT2D eigenvalue weighted by Crippen LogP contribution is 2.35. The molecule has 0 atom stereocenters. The van der Waals surface area contributed by atoms with Crippen LogP contribution in [0.25, 0.3) is 20.8 Å². The number of para-hydroxylation sites is 1. The first-order valence-corrected chi connectivity index (χ1v) is 10.6. The number of aromatic nitrogens is 1. The van der Waals surface area contributed by atoms with Gasteiger partial charge >= 0.3 is 0 Å². The lowest BCUT2D eigenvalue weighted by Crippen LogP contribution is -2.15. The number of hydrogen-bond donors (Lipinski definition) is 1. The summed E-state index contributed by atoms with van der Waals surface area (Å²) < 4.78 is 2.22. The second kappa shape index (κ2) is 7.96. The van der Waals surface area contributed by atoms with Gasteiger partial charge in [0.15, 0.2) is 0 Å². The fraction of sp³-hybridized carbons (Fsp3) is 0.0476. The lowest BCUT2D eigenvalue weighted by Gasteiger charge is -2.10. The third kappa shape index (κ3) is 4.31. The average molecular weight is 505 g/mol. The van der Waals surface area contributed by atoms with Gasteiger partial charge in [0, 0.05) is 14.2 Å². The summed E-state index contributed by atoms with van der Waals surface area (Å²) in [5, 5.41) is 4.60. The molecule has 0 fully saturated rings. The number of anilines is 1. The normalized spacial score (nSPS) is 10.9. The Hall–Kier alpha value is -1.96. The van der Waals surface area contributed by atoms with Crippen LogP contribution < -0.4 is 5.32 Å². The number of hydrogen-bond acceptors (Lipinski definition) is 3. The van der Waals surface area contributed by atoms with Gasteiger partial charge in [-0.05, 0) is 70.6 Å². The number of rotatable bonds is 4. The molecule has 0 aliphatic rings. The van der Waals surface area contributed by atoms with Gasteiger partial charge in [-0.25, -0.2) is 4.98 Å². The number of fused-ring (bicyclic) bond motifs is 1. The Kier molecular flexibility index (Phi) is 5.43. The Balaban J connectivity index is 1.63. The van der Waals surface area contributed by atoms with Crippen LogP contribution in [0.3, 0.4) is 0 Å². The van der Waals surface area contributed by atoms with Crippen LogP contribution in [0, 0.1) is 3.57 Å². The van der Waals surface area contributed by atoms with Crippen LogP contribution in [-0.2, 0) is 11.2 Å². The molecule has 27 heavy (non-hydrogen) atoms. The largest absolute Gasteiger partial charge is 0.325 e. The van der Waals surface area contributed by atoms with Crippen molar-refractivity contribution in [2.45, 2.75) is 6.42 Å². The second-order valence-corrected chi connectivity index (χ2v) is 8.74. The fourth-order valence-electron chi connectivity index (χ4n) is 2.77. The minimum absolute atomic E-state index is 0.0686. The Morgan fingerprint density at radius 2 is 1.85 bits per heavy atom. The summed E-state index contributed by atoms with van der Waals surface area (Å²) in [4.78, 5) is 17.3. The van der Waals surface area contributed by atoms with Gasteiger partial charge in [-0.1, -0.05) is 35.9 Å². The van der Waals surface area contributed by atoms with Crippen molar-refractivity contribution in [2.75, 3.05) is 5.32 Å². The molecule has 0 saturated carbocycles. The van der Waals surface area contributed by atoms with Gasteiger partial charge in [0.1, 0.15) is 5.01 Å². The summed E-state index contributed by atoms with van der Waals surface area (Å²) in [7, 11) is 0. The number of halogens is 2. The van der Waals surface area contributed by atoms with Crippen LogP contribution in [0.1, 0.15) is 5.56 Å². The zero-order valence-corrected chi connectivity index (χ0v) is 17.8. The minimum atomic E-state index is -0.0686. The van der Waals surface area contributed by atoms with E-state index in [4.69, 9.17) is 16.6 Å². The Morgan fingerprint density at radius 1 is 1.07 bits per heavy atom. The highest BCUT2D eigenvalue weighted by molar-refractivity contribution is 14.1. The number of carbonyl (C=O) groups is 1. The third-order valence-electron chi connectivity index (χ3n) is 4.06. The van der Waals surface area contributed by atoms with Crippen molar-refractivity contribution in [3.8, 4) is 10.6 Å². The summed E-state index contributed by atoms with van der Waals surface area (Å²) in [6, 6.07) is 21.3. The highest BCUT2D eigenvalue weighted by atomic mass is 127. The zero-order chi connectivity index (χ0) is 18.8. The highest BCUT2D eigenvalue weighted by Gasteiger charge is 2.14. The quantitative estimate of drug-likeness (QED) is 0.327. The molecular weight excluding hydrogens is 491 g/mol. The van der Waals surface area contributed by atoms with Crippen LogP contribution in [0.5, 0.6) is 0 Å². The molecule has 0 unspecified atom stereocenters. The van der Waals surface area contributed by atoms with Gasteiger partial charge in [-0.3, -0.25) is 4.79 Å². The predicted octanol–water partition coefficient (Wildman–Crippen LogP) is 6.40. The molecule has 0 aliphatic heterocycles. The van der Waals surface area contributed by atoms with E-state index in [1.165, 1.54) is 0 Å². The average Bonchev–Trinajstić information content (AvgIpc) is 3.09. The van der Waals surface area contributed by atoms with Gasteiger partial charge in [0.25, 0.3) is 0 Å². The maximum atomic E-state index is 12.5. The van der Waals surface area contributed by atoms with E-state index in [0.29, 0.717) is 11.4 Å². The van der Waals surface area contributed by atoms with Crippen LogP contribution in [0.4, 0.5) is 5.69 Å². The van der Waals surface area contributed by atoms with E-state index in [1.807, 2.05) is 42.5 Å². The van der Waals surface area contributed by atoms with Crippen molar-refractivity contribution in [2.24, 2.45) is 0 Å². The van der Waals surface area contributed by atoms with E-state index in [2.05, 4.69) is 40.0 Å². The van der Waals surface area contributed by atoms with Gasteiger partial charge in [-0.15, -0.1) is 11.3 Å². The lowest BCUT2D eigenvalue weighted by atomic mass is 10.1. The smallest absolute Gasteiger partial charge is 0.228 e. The van der Waals surface area contributed by atoms with Crippen molar-refractivity contribution in [1.82, 2.24) is 4.98 Å². The van der Waals surface area contributed by atoms with Gasteiger partial charge < -0.3 is 5.32 Å². The summed E-state index contributed by atoms with van der Waals surface area (Å²) in [6.07, 6.45) is 0.294. The Bertz CT molecular complexity index is 1090. The Labute approximate surface area is 179 Å². The number of thiazole rings is 1. The molecule has 0 aliphatic carbocycles. The molecule has 0 bridgehead atoms. The van der Waals surface area contributed by atoms with Crippen molar-refractivity contribution < 1.29 is 4.79 Å². The molecular formula is C21H14ClIN2OS. The molecule has 3 nitrogen and oxygen atoms in total. The molecule has 6 heteroatoms. The topological polar surface area (TPSA) is 42.0 Å². The van der Waals surface area contributed by atoms with Crippen molar-refractivity contribution >= 4 is 67.3 Å². The second-order valence-electron chi connectivity index (χ2n) is 6.03. The molecule has 4 aromatic rings. The first-order chi connectivity index (χ1) is 13.1. The molecule has 0 saturated heterocycles. The maximum Gasteiger partial charge on any atom is 0.228 e. The summed E-state index contributed by atoms with van der Waals surface area (Å²) in [5.41, 5.74) is 3.60. The molecule has 0 radical (unpaired) electrons. The fourth-order valence-corrected chi connectivity index (χ4v) is 4.39. The first kappa shape index (κ1) is 18.4. The SMILES string of the molecule is O=C(Cc1ccc(Cl)cc1)Nc1ccc(I)cc1-c1nc2ccccc2s1. The van der Waals surface area contributed by atoms with Crippen molar-refractivity contribution in [3.05, 3.63) is 80.9 Å². The monoisotopic (exact) mass is 504 g/mol. The molecule has 4 rings (SSSR count). The number of amides is 1. The molecule has 1 aromatic heterocycles. The molecule has 0 spiro atoms. The molecule has 3 aromatic carbocycles. The molecule has 1 heterocycles. The van der Waals surface area contributed by atoms with E-state index in [1.54, 1.807) is 23.5 Å². The van der Waals surface area contributed by atoms with Gasteiger partial charge in [0.2, 0.25) is 5.91 Å². The number of nitrogens with one attached hydrogen (secondary N) is 1. The van der Waals surface area contributed by atoms with Crippen LogP contribution in [-0.4, -0.2) is 10.9 Å². The third-order valence-corrected chi connectivity index (χ3v) is 6.05. The van der Waals surface area contributed by atoms with Crippen molar-refractivity contribution in [3.63, 3.8) is 0 Å². The van der Waals surface area contributed by atoms with Gasteiger partial charge in [-0.2, -0.15) is 0 Å². The maximum absolute atomic E-state index is 12.5. The van der Waals surface area contributed by atoms with Crippen LogP contribution in [0.15, 0.2) is 66.7 Å². The number of nitrogens with zero attached hydrogens (tertiary/aromatic N) is 1. The number of carbonyl (C=O) groups excluding carboxylic acids is 1. The lowest BCUT2D eigenvalue weighted by molar-refractivity contribution is -0.115. The molecule has 1 N–H and O–H groups in total. The van der Waals surface area contributed by atoms with Crippen molar-refractivity contribution in [1.29, 1.82) is 0 Å². The molecule has 134 valence electrons. The minimum Gasteiger partial charge on any atom is -0.325 e. The summed E-state index contributed by atoms with van der Waals surface area (Å²) >= 11 is 9.81. The van der Waals surface area contributed by atoms with E-state index in [-0.39, 0.29) is 5.91 Å². The summed E-state index contributed by atoms with van der Waals surface area (Å²) in [5.74, 6) is -0.0686. The van der Waals surface area contributed by atoms with E-state index in [0.717, 1.165) is 35.6 Å². The predicted molar refractivity (Wildman–Crippen MR) is 122 cm³/mol. The first-order valence-electron chi connectivity index (χ1n) is 8.28. The number of benzene rings is 3. The van der Waals surface area contributed by atoms with Gasteiger partial charge in [0.05, 0.1) is 22.3 Å². The van der Waals surface area contributed by atoms with E-state index < -0.39 is 0 Å².